The average molecular weight is 401 g/mol. The third kappa shape index (κ3) is 4.52. The number of thiophene rings is 1. The predicted molar refractivity (Wildman–Crippen MR) is 117 cm³/mol. The highest BCUT2D eigenvalue weighted by atomic mass is 32.1. The normalized spacial score (nSPS) is 10.6. The zero-order valence-corrected chi connectivity index (χ0v) is 16.5. The summed E-state index contributed by atoms with van der Waals surface area (Å²) in [4.78, 5) is 26.3. The first-order valence-corrected chi connectivity index (χ1v) is 10.2. The number of nitrogens with one attached hydrogen (secondary N) is 2. The van der Waals surface area contributed by atoms with Crippen molar-refractivity contribution in [2.45, 2.75) is 13.1 Å². The van der Waals surface area contributed by atoms with Gasteiger partial charge in [-0.05, 0) is 28.5 Å². The van der Waals surface area contributed by atoms with Crippen molar-refractivity contribution in [1.82, 2.24) is 10.6 Å². The smallest absolute Gasteiger partial charge is 0.315 e. The van der Waals surface area contributed by atoms with Crippen molar-refractivity contribution < 1.29 is 9.59 Å². The van der Waals surface area contributed by atoms with Gasteiger partial charge in [-0.1, -0.05) is 72.8 Å². The molecular weight excluding hydrogens is 380 g/mol. The van der Waals surface area contributed by atoms with Crippen LogP contribution < -0.4 is 10.6 Å². The number of ketones is 1. The molecule has 0 aliphatic heterocycles. The molecule has 0 radical (unpaired) electrons. The highest BCUT2D eigenvalue weighted by molar-refractivity contribution is 7.14. The van der Waals surface area contributed by atoms with Gasteiger partial charge in [-0.15, -0.1) is 11.3 Å². The van der Waals surface area contributed by atoms with Crippen LogP contribution in [-0.4, -0.2) is 11.8 Å². The lowest BCUT2D eigenvalue weighted by Gasteiger charge is -2.09. The predicted octanol–water partition coefficient (Wildman–Crippen LogP) is 5.13. The zero-order chi connectivity index (χ0) is 20.1. The number of amides is 2. The molecule has 4 rings (SSSR count). The van der Waals surface area contributed by atoms with E-state index in [1.165, 1.54) is 11.3 Å². The fourth-order valence-electron chi connectivity index (χ4n) is 3.18. The second kappa shape index (κ2) is 8.71. The van der Waals surface area contributed by atoms with E-state index in [0.717, 1.165) is 21.2 Å². The molecule has 0 spiro atoms. The maximum atomic E-state index is 12.5. The molecule has 0 atom stereocenters. The average Bonchev–Trinajstić information content (AvgIpc) is 3.25. The Balaban J connectivity index is 1.32. The first-order valence-electron chi connectivity index (χ1n) is 9.37. The third-order valence-electron chi connectivity index (χ3n) is 4.66. The first kappa shape index (κ1) is 18.9. The van der Waals surface area contributed by atoms with Crippen molar-refractivity contribution in [3.05, 3.63) is 106 Å². The Bertz CT molecular complexity index is 1150. The van der Waals surface area contributed by atoms with E-state index in [2.05, 4.69) is 28.8 Å². The summed E-state index contributed by atoms with van der Waals surface area (Å²) in [5.74, 6) is 0.00209. The lowest BCUT2D eigenvalue weighted by molar-refractivity contribution is 0.104. The van der Waals surface area contributed by atoms with Crippen LogP contribution in [0.15, 0.2) is 84.9 Å². The lowest BCUT2D eigenvalue weighted by atomic mass is 10.0. The highest BCUT2D eigenvalue weighted by Gasteiger charge is 2.12. The number of carbonyl (C=O) groups excluding carboxylic acids is 2. The van der Waals surface area contributed by atoms with Crippen LogP contribution in [0.1, 0.15) is 25.7 Å². The molecule has 0 fully saturated rings. The maximum absolute atomic E-state index is 12.5. The number of urea groups is 1. The summed E-state index contributed by atoms with van der Waals surface area (Å²) >= 11 is 1.40. The Kier molecular flexibility index (Phi) is 5.68. The third-order valence-corrected chi connectivity index (χ3v) is 5.75. The molecule has 2 N–H and O–H groups in total. The van der Waals surface area contributed by atoms with Crippen LogP contribution in [0, 0.1) is 0 Å². The van der Waals surface area contributed by atoms with Gasteiger partial charge >= 0.3 is 6.03 Å². The summed E-state index contributed by atoms with van der Waals surface area (Å²) < 4.78 is 0. The maximum Gasteiger partial charge on any atom is 0.315 e. The van der Waals surface area contributed by atoms with Crippen molar-refractivity contribution in [1.29, 1.82) is 0 Å². The highest BCUT2D eigenvalue weighted by Crippen LogP contribution is 2.20. The topological polar surface area (TPSA) is 58.2 Å². The molecular formula is C24H20N2O2S. The van der Waals surface area contributed by atoms with Crippen LogP contribution in [0.4, 0.5) is 4.79 Å². The van der Waals surface area contributed by atoms with Crippen LogP contribution in [-0.2, 0) is 13.1 Å². The fraction of sp³-hybridized carbons (Fsp3) is 0.0833. The summed E-state index contributed by atoms with van der Waals surface area (Å²) in [6.45, 7) is 0.837. The lowest BCUT2D eigenvalue weighted by Crippen LogP contribution is -2.34. The van der Waals surface area contributed by atoms with E-state index in [-0.39, 0.29) is 11.8 Å². The van der Waals surface area contributed by atoms with Gasteiger partial charge in [0.05, 0.1) is 11.4 Å². The first-order chi connectivity index (χ1) is 14.2. The van der Waals surface area contributed by atoms with E-state index < -0.39 is 0 Å². The van der Waals surface area contributed by atoms with E-state index in [9.17, 15) is 9.59 Å². The van der Waals surface area contributed by atoms with Gasteiger partial charge in [-0.2, -0.15) is 0 Å². The molecule has 0 aliphatic rings. The van der Waals surface area contributed by atoms with Gasteiger partial charge in [0.1, 0.15) is 0 Å². The Hall–Kier alpha value is -3.44. The molecule has 4 nitrogen and oxygen atoms in total. The summed E-state index contributed by atoms with van der Waals surface area (Å²) in [6.07, 6.45) is 0. The molecule has 3 aromatic carbocycles. The van der Waals surface area contributed by atoms with Crippen molar-refractivity contribution in [3.63, 3.8) is 0 Å². The van der Waals surface area contributed by atoms with E-state index in [1.807, 2.05) is 54.6 Å². The van der Waals surface area contributed by atoms with Gasteiger partial charge in [0.2, 0.25) is 5.78 Å². The van der Waals surface area contributed by atoms with Crippen molar-refractivity contribution in [3.8, 4) is 0 Å². The quantitative estimate of drug-likeness (QED) is 0.441. The molecule has 5 heteroatoms. The number of hydrogen-bond acceptors (Lipinski definition) is 3. The Morgan fingerprint density at radius 3 is 2.31 bits per heavy atom. The number of hydrogen-bond donors (Lipinski definition) is 2. The van der Waals surface area contributed by atoms with Crippen molar-refractivity contribution in [2.75, 3.05) is 0 Å². The minimum Gasteiger partial charge on any atom is -0.334 e. The van der Waals surface area contributed by atoms with Crippen LogP contribution in [0.3, 0.4) is 0 Å². The molecule has 0 saturated heterocycles. The molecule has 144 valence electrons. The van der Waals surface area contributed by atoms with Gasteiger partial charge in [-0.25, -0.2) is 4.79 Å². The second-order valence-electron chi connectivity index (χ2n) is 6.64. The van der Waals surface area contributed by atoms with Crippen LogP contribution in [0.2, 0.25) is 0 Å². The molecule has 1 aromatic heterocycles. The van der Waals surface area contributed by atoms with Gasteiger partial charge in [0, 0.05) is 17.0 Å². The molecule has 0 saturated carbocycles. The van der Waals surface area contributed by atoms with E-state index >= 15 is 0 Å². The van der Waals surface area contributed by atoms with Gasteiger partial charge in [-0.3, -0.25) is 4.79 Å². The molecule has 1 heterocycles. The number of carbonyl (C=O) groups is 2. The van der Waals surface area contributed by atoms with Crippen molar-refractivity contribution in [2.24, 2.45) is 0 Å². The summed E-state index contributed by atoms with van der Waals surface area (Å²) in [5, 5.41) is 8.05. The Morgan fingerprint density at radius 1 is 0.724 bits per heavy atom. The number of benzene rings is 3. The minimum absolute atomic E-state index is 0.00209. The summed E-state index contributed by atoms with van der Waals surface area (Å²) in [6, 6.07) is 26.8. The number of rotatable bonds is 6. The van der Waals surface area contributed by atoms with E-state index in [4.69, 9.17) is 0 Å². The van der Waals surface area contributed by atoms with E-state index in [0.29, 0.717) is 23.5 Å². The number of fused-ring (bicyclic) bond motifs is 1. The summed E-state index contributed by atoms with van der Waals surface area (Å²) in [7, 11) is 0. The van der Waals surface area contributed by atoms with Crippen LogP contribution in [0.25, 0.3) is 10.8 Å². The van der Waals surface area contributed by atoms with Gasteiger partial charge < -0.3 is 10.6 Å². The molecule has 29 heavy (non-hydrogen) atoms. The van der Waals surface area contributed by atoms with Crippen LogP contribution >= 0.6 is 11.3 Å². The Morgan fingerprint density at radius 2 is 1.45 bits per heavy atom. The molecule has 4 aromatic rings. The second-order valence-corrected chi connectivity index (χ2v) is 7.80. The Labute approximate surface area is 173 Å². The fourth-order valence-corrected chi connectivity index (χ4v) is 4.09. The molecule has 0 unspecified atom stereocenters. The van der Waals surface area contributed by atoms with Crippen molar-refractivity contribution >= 4 is 33.9 Å². The summed E-state index contributed by atoms with van der Waals surface area (Å²) in [5.41, 5.74) is 1.74. The largest absolute Gasteiger partial charge is 0.334 e. The molecule has 2 amide bonds. The zero-order valence-electron chi connectivity index (χ0n) is 15.7. The monoisotopic (exact) mass is 400 g/mol. The minimum atomic E-state index is -0.234. The van der Waals surface area contributed by atoms with Gasteiger partial charge in [0.15, 0.2) is 0 Å². The molecule has 0 bridgehead atoms. The van der Waals surface area contributed by atoms with Crippen LogP contribution in [0.5, 0.6) is 0 Å². The SMILES string of the molecule is O=C(NCc1ccc(C(=O)c2ccccc2)s1)NCc1cccc2ccccc12. The van der Waals surface area contributed by atoms with Gasteiger partial charge in [0.25, 0.3) is 0 Å². The molecule has 0 aliphatic carbocycles. The van der Waals surface area contributed by atoms with E-state index in [1.54, 1.807) is 12.1 Å². The standard InChI is InChI=1S/C24H20N2O2S/c27-23(18-8-2-1-3-9-18)22-14-13-20(29-22)16-26-24(28)25-15-19-11-6-10-17-7-4-5-12-21(17)19/h1-14H,15-16H2,(H2,25,26,28).